The Labute approximate surface area is 117 Å². The van der Waals surface area contributed by atoms with Crippen molar-refractivity contribution in [2.75, 3.05) is 25.5 Å². The van der Waals surface area contributed by atoms with E-state index in [1.165, 1.54) is 25.7 Å². The standard InChI is InChI=1S/C14H20FN3O2/c1-18(11-4-2-3-5-11)7-6-16-13-12(14(19)20)8-10(15)9-17-13/h8-9,11H,2-7H2,1H3,(H,16,17)(H,19,20). The SMILES string of the molecule is CN(CCNc1ncc(F)cc1C(=O)O)C1CCCC1. The van der Waals surface area contributed by atoms with E-state index >= 15 is 0 Å². The van der Waals surface area contributed by atoms with Crippen molar-refractivity contribution in [1.29, 1.82) is 0 Å². The first kappa shape index (κ1) is 14.7. The van der Waals surface area contributed by atoms with Crippen LogP contribution in [0, 0.1) is 5.82 Å². The Hall–Kier alpha value is -1.69. The summed E-state index contributed by atoms with van der Waals surface area (Å²) in [6.45, 7) is 1.40. The minimum Gasteiger partial charge on any atom is -0.478 e. The van der Waals surface area contributed by atoms with Crippen LogP contribution in [0.5, 0.6) is 0 Å². The van der Waals surface area contributed by atoms with Crippen LogP contribution in [0.2, 0.25) is 0 Å². The molecule has 0 aromatic carbocycles. The molecule has 1 aromatic heterocycles. The summed E-state index contributed by atoms with van der Waals surface area (Å²) >= 11 is 0. The summed E-state index contributed by atoms with van der Waals surface area (Å²) in [5.41, 5.74) is -0.131. The summed E-state index contributed by atoms with van der Waals surface area (Å²) in [4.78, 5) is 17.1. The zero-order valence-electron chi connectivity index (χ0n) is 11.6. The second kappa shape index (κ2) is 6.65. The molecule has 0 aliphatic heterocycles. The molecule has 0 atom stereocenters. The second-order valence-corrected chi connectivity index (χ2v) is 5.20. The molecular formula is C14H20FN3O2. The normalized spacial score (nSPS) is 15.8. The van der Waals surface area contributed by atoms with Gasteiger partial charge in [-0.2, -0.15) is 0 Å². The molecule has 1 aromatic rings. The molecule has 1 aliphatic carbocycles. The van der Waals surface area contributed by atoms with Gasteiger partial charge in [0.05, 0.1) is 6.20 Å². The van der Waals surface area contributed by atoms with Gasteiger partial charge in [-0.05, 0) is 26.0 Å². The van der Waals surface area contributed by atoms with Gasteiger partial charge in [0.1, 0.15) is 17.2 Å². The fourth-order valence-electron chi connectivity index (χ4n) is 2.62. The van der Waals surface area contributed by atoms with Gasteiger partial charge < -0.3 is 15.3 Å². The van der Waals surface area contributed by atoms with E-state index in [0.717, 1.165) is 18.8 Å². The van der Waals surface area contributed by atoms with Crippen LogP contribution < -0.4 is 5.32 Å². The molecule has 2 rings (SSSR count). The Kier molecular flexibility index (Phi) is 4.89. The number of rotatable bonds is 6. The van der Waals surface area contributed by atoms with Crippen molar-refractivity contribution in [3.05, 3.63) is 23.6 Å². The highest BCUT2D eigenvalue weighted by atomic mass is 19.1. The Morgan fingerprint density at radius 3 is 2.90 bits per heavy atom. The van der Waals surface area contributed by atoms with E-state index in [0.29, 0.717) is 12.6 Å². The van der Waals surface area contributed by atoms with Crippen LogP contribution in [0.4, 0.5) is 10.2 Å². The molecule has 1 heterocycles. The maximum Gasteiger partial charge on any atom is 0.339 e. The number of hydrogen-bond acceptors (Lipinski definition) is 4. The molecule has 1 aliphatic rings. The van der Waals surface area contributed by atoms with Crippen molar-refractivity contribution in [3.63, 3.8) is 0 Å². The van der Waals surface area contributed by atoms with Gasteiger partial charge >= 0.3 is 5.97 Å². The molecule has 110 valence electrons. The molecule has 20 heavy (non-hydrogen) atoms. The minimum absolute atomic E-state index is 0.131. The van der Waals surface area contributed by atoms with Crippen molar-refractivity contribution in [2.24, 2.45) is 0 Å². The molecule has 0 saturated heterocycles. The number of nitrogens with one attached hydrogen (secondary N) is 1. The van der Waals surface area contributed by atoms with Gasteiger partial charge in [0.25, 0.3) is 0 Å². The van der Waals surface area contributed by atoms with Crippen LogP contribution >= 0.6 is 0 Å². The molecule has 0 unspecified atom stereocenters. The number of aromatic nitrogens is 1. The molecule has 0 radical (unpaired) electrons. The summed E-state index contributed by atoms with van der Waals surface area (Å²) < 4.78 is 13.0. The second-order valence-electron chi connectivity index (χ2n) is 5.20. The highest BCUT2D eigenvalue weighted by molar-refractivity contribution is 5.93. The smallest absolute Gasteiger partial charge is 0.339 e. The maximum atomic E-state index is 13.0. The predicted molar refractivity (Wildman–Crippen MR) is 74.5 cm³/mol. The topological polar surface area (TPSA) is 65.5 Å². The van der Waals surface area contributed by atoms with Gasteiger partial charge in [-0.15, -0.1) is 0 Å². The third kappa shape index (κ3) is 3.66. The Bertz CT molecular complexity index is 475. The number of hydrogen-bond donors (Lipinski definition) is 2. The van der Waals surface area contributed by atoms with Crippen molar-refractivity contribution in [2.45, 2.75) is 31.7 Å². The van der Waals surface area contributed by atoms with E-state index in [4.69, 9.17) is 5.11 Å². The van der Waals surface area contributed by atoms with Crippen LogP contribution in [0.1, 0.15) is 36.0 Å². The average Bonchev–Trinajstić information content (AvgIpc) is 2.94. The number of likely N-dealkylation sites (N-methyl/N-ethyl adjacent to an activating group) is 1. The van der Waals surface area contributed by atoms with Crippen LogP contribution in [0.25, 0.3) is 0 Å². The molecule has 5 nitrogen and oxygen atoms in total. The van der Waals surface area contributed by atoms with Crippen LogP contribution in [0.3, 0.4) is 0 Å². The first-order chi connectivity index (χ1) is 9.58. The van der Waals surface area contributed by atoms with Crippen molar-refractivity contribution in [3.8, 4) is 0 Å². The summed E-state index contributed by atoms with van der Waals surface area (Å²) in [6, 6.07) is 1.61. The lowest BCUT2D eigenvalue weighted by Gasteiger charge is -2.24. The highest BCUT2D eigenvalue weighted by Gasteiger charge is 2.19. The van der Waals surface area contributed by atoms with Crippen molar-refractivity contribution in [1.82, 2.24) is 9.88 Å². The number of anilines is 1. The fraction of sp³-hybridized carbons (Fsp3) is 0.571. The summed E-state index contributed by atoms with van der Waals surface area (Å²) in [5.74, 6) is -1.60. The number of carbonyl (C=O) groups is 1. The zero-order valence-corrected chi connectivity index (χ0v) is 11.6. The van der Waals surface area contributed by atoms with Crippen LogP contribution in [0.15, 0.2) is 12.3 Å². The largest absolute Gasteiger partial charge is 0.478 e. The first-order valence-corrected chi connectivity index (χ1v) is 6.91. The van der Waals surface area contributed by atoms with Gasteiger partial charge in [0.15, 0.2) is 0 Å². The van der Waals surface area contributed by atoms with Gasteiger partial charge in [0, 0.05) is 19.1 Å². The van der Waals surface area contributed by atoms with Gasteiger partial charge in [0.2, 0.25) is 0 Å². The van der Waals surface area contributed by atoms with E-state index in [2.05, 4.69) is 22.2 Å². The van der Waals surface area contributed by atoms with E-state index in [1.54, 1.807) is 0 Å². The molecule has 2 N–H and O–H groups in total. The number of carboxylic acid groups (broad SMARTS) is 1. The lowest BCUT2D eigenvalue weighted by atomic mass is 10.2. The minimum atomic E-state index is -1.18. The molecule has 0 spiro atoms. The zero-order chi connectivity index (χ0) is 14.5. The van der Waals surface area contributed by atoms with E-state index in [9.17, 15) is 9.18 Å². The summed E-state index contributed by atoms with van der Waals surface area (Å²) in [7, 11) is 2.08. The third-order valence-electron chi connectivity index (χ3n) is 3.79. The van der Waals surface area contributed by atoms with Gasteiger partial charge in [-0.3, -0.25) is 0 Å². The number of carboxylic acids is 1. The Morgan fingerprint density at radius 1 is 1.55 bits per heavy atom. The van der Waals surface area contributed by atoms with Crippen LogP contribution in [-0.2, 0) is 0 Å². The van der Waals surface area contributed by atoms with E-state index in [1.807, 2.05) is 0 Å². The van der Waals surface area contributed by atoms with Gasteiger partial charge in [-0.1, -0.05) is 12.8 Å². The Morgan fingerprint density at radius 2 is 2.25 bits per heavy atom. The number of pyridine rings is 1. The van der Waals surface area contributed by atoms with E-state index < -0.39 is 11.8 Å². The molecule has 1 fully saturated rings. The Balaban J connectivity index is 1.89. The number of nitrogens with zero attached hydrogens (tertiary/aromatic N) is 2. The predicted octanol–water partition coefficient (Wildman–Crippen LogP) is 2.21. The first-order valence-electron chi connectivity index (χ1n) is 6.91. The molecular weight excluding hydrogens is 261 g/mol. The third-order valence-corrected chi connectivity index (χ3v) is 3.79. The number of halogens is 1. The van der Waals surface area contributed by atoms with Crippen LogP contribution in [-0.4, -0.2) is 47.1 Å². The average molecular weight is 281 g/mol. The summed E-state index contributed by atoms with van der Waals surface area (Å²) in [5, 5.41) is 12.0. The van der Waals surface area contributed by atoms with Crippen molar-refractivity contribution < 1.29 is 14.3 Å². The van der Waals surface area contributed by atoms with E-state index in [-0.39, 0.29) is 11.4 Å². The molecule has 6 heteroatoms. The number of aromatic carboxylic acids is 1. The van der Waals surface area contributed by atoms with Gasteiger partial charge in [-0.25, -0.2) is 14.2 Å². The summed E-state index contributed by atoms with van der Waals surface area (Å²) in [6.07, 6.45) is 6.04. The highest BCUT2D eigenvalue weighted by Crippen LogP contribution is 2.22. The fourth-order valence-corrected chi connectivity index (χ4v) is 2.62. The lowest BCUT2D eigenvalue weighted by Crippen LogP contribution is -2.33. The molecule has 0 bridgehead atoms. The molecule has 1 saturated carbocycles. The lowest BCUT2D eigenvalue weighted by molar-refractivity contribution is 0.0697. The van der Waals surface area contributed by atoms with Crippen molar-refractivity contribution >= 4 is 11.8 Å². The monoisotopic (exact) mass is 281 g/mol. The molecule has 0 amide bonds. The maximum absolute atomic E-state index is 13.0. The quantitative estimate of drug-likeness (QED) is 0.837.